The van der Waals surface area contributed by atoms with Crippen molar-refractivity contribution in [3.63, 3.8) is 0 Å². The van der Waals surface area contributed by atoms with Gasteiger partial charge in [-0.25, -0.2) is 8.42 Å². The summed E-state index contributed by atoms with van der Waals surface area (Å²) in [6.07, 6.45) is 0. The van der Waals surface area contributed by atoms with E-state index in [1.54, 1.807) is 6.07 Å². The molecule has 0 spiro atoms. The molecule has 0 aliphatic heterocycles. The number of aryl methyl sites for hydroxylation is 1. The third-order valence-corrected chi connectivity index (χ3v) is 6.46. The monoisotopic (exact) mass is 591 g/mol. The summed E-state index contributed by atoms with van der Waals surface area (Å²) in [5.41, 5.74) is -0.210. The first-order chi connectivity index (χ1) is 15.5. The van der Waals surface area contributed by atoms with Crippen molar-refractivity contribution in [2.45, 2.75) is 57.3 Å². The summed E-state index contributed by atoms with van der Waals surface area (Å²) >= 11 is 11.8. The van der Waals surface area contributed by atoms with E-state index < -0.39 is 26.1 Å². The molecule has 0 atom stereocenters. The zero-order chi connectivity index (χ0) is 25.6. The number of hydrogen-bond acceptors (Lipinski definition) is 8. The maximum atomic E-state index is 13.1. The molecule has 0 fully saturated rings. The molecule has 0 aliphatic carbocycles. The van der Waals surface area contributed by atoms with E-state index in [4.69, 9.17) is 27.7 Å². The van der Waals surface area contributed by atoms with Crippen LogP contribution in [0.2, 0.25) is 10.0 Å². The molecule has 14 heteroatoms. The molecular weight excluding hydrogens is 569 g/mol. The van der Waals surface area contributed by atoms with E-state index in [0.717, 1.165) is 6.07 Å². The van der Waals surface area contributed by atoms with Gasteiger partial charge in [-0.05, 0) is 25.0 Å². The van der Waals surface area contributed by atoms with Gasteiger partial charge in [0.2, 0.25) is 15.8 Å². The molecule has 0 bridgehead atoms. The fraction of sp³-hybridized carbons (Fsp3) is 0.429. The molecule has 186 valence electrons. The standard InChI is InChI=1S/C21H25Cl2N6O4S.Zn/c1-20(2,3)14-10-15(27-33-14)24-25-16-18(21(4,5)6)26-29(7)19(16)28-34(31,32)13-9-11(22)8-12(23)17(13)30;/h8-10H,1-7H3,(H-,24,26,27,28,30);/q-1;. The third kappa shape index (κ3) is 6.41. The van der Waals surface area contributed by atoms with Crippen LogP contribution in [-0.4, -0.2) is 28.5 Å². The molecule has 0 aliphatic rings. The van der Waals surface area contributed by atoms with Crippen LogP contribution < -0.4 is 0 Å². The normalized spacial score (nSPS) is 12.7. The minimum atomic E-state index is -4.45. The molecule has 35 heavy (non-hydrogen) atoms. The van der Waals surface area contributed by atoms with E-state index in [2.05, 4.69) is 25.2 Å². The molecule has 3 aromatic rings. The van der Waals surface area contributed by atoms with Gasteiger partial charge in [0.1, 0.15) is 16.3 Å². The summed E-state index contributed by atoms with van der Waals surface area (Å²) < 4.78 is 36.7. The molecule has 2 aromatic heterocycles. The number of aromatic nitrogens is 3. The Morgan fingerprint density at radius 3 is 2.23 bits per heavy atom. The predicted molar refractivity (Wildman–Crippen MR) is 130 cm³/mol. The van der Waals surface area contributed by atoms with Crippen LogP contribution >= 0.6 is 23.2 Å². The van der Waals surface area contributed by atoms with E-state index in [1.807, 2.05) is 41.5 Å². The van der Waals surface area contributed by atoms with E-state index in [9.17, 15) is 13.5 Å². The summed E-state index contributed by atoms with van der Waals surface area (Å²) in [4.78, 5) is -0.544. The number of sulfonamides is 1. The molecule has 10 nitrogen and oxygen atoms in total. The average Bonchev–Trinajstić information content (AvgIpc) is 3.28. The Labute approximate surface area is 226 Å². The van der Waals surface area contributed by atoms with Crippen molar-refractivity contribution < 1.29 is 37.5 Å². The summed E-state index contributed by atoms with van der Waals surface area (Å²) in [6, 6.07) is 3.94. The fourth-order valence-electron chi connectivity index (χ4n) is 2.87. The van der Waals surface area contributed by atoms with Crippen molar-refractivity contribution in [1.29, 1.82) is 0 Å². The molecule has 0 saturated heterocycles. The second kappa shape index (κ2) is 10.2. The molecule has 1 aromatic carbocycles. The summed E-state index contributed by atoms with van der Waals surface area (Å²) in [6.45, 7) is 11.6. The van der Waals surface area contributed by atoms with E-state index in [1.165, 1.54) is 17.8 Å². The van der Waals surface area contributed by atoms with Crippen LogP contribution in [0.4, 0.5) is 17.3 Å². The van der Waals surface area contributed by atoms with Crippen molar-refractivity contribution in [1.82, 2.24) is 14.9 Å². The van der Waals surface area contributed by atoms with E-state index >= 15 is 0 Å². The van der Waals surface area contributed by atoms with Gasteiger partial charge in [-0.3, -0.25) is 5.10 Å². The SMILES string of the molecule is Cn1nc(C(C)(C)C)c(N=Nc2cc(C(C)(C)C)on2)c1[N-]S(=O)(=O)c1cc(Cl)cc(Cl)c1O.[Zn]. The van der Waals surface area contributed by atoms with Gasteiger partial charge in [-0.2, -0.15) is 0 Å². The number of rotatable bonds is 5. The predicted octanol–water partition coefficient (Wildman–Crippen LogP) is 6.82. The topological polar surface area (TPSA) is 137 Å². The van der Waals surface area contributed by atoms with Gasteiger partial charge in [0, 0.05) is 41.4 Å². The number of nitrogens with zero attached hydrogens (tertiary/aromatic N) is 6. The molecule has 0 unspecified atom stereocenters. The van der Waals surface area contributed by atoms with Crippen LogP contribution in [0.1, 0.15) is 53.0 Å². The van der Waals surface area contributed by atoms with Gasteiger partial charge in [0.05, 0.1) is 10.7 Å². The van der Waals surface area contributed by atoms with Crippen molar-refractivity contribution in [3.05, 3.63) is 44.4 Å². The van der Waals surface area contributed by atoms with Crippen molar-refractivity contribution in [2.24, 2.45) is 17.3 Å². The Kier molecular flexibility index (Phi) is 8.49. The largest absolute Gasteiger partial charge is 0.505 e. The summed E-state index contributed by atoms with van der Waals surface area (Å²) in [5.74, 6) is 0.0726. The molecular formula is C21H25Cl2N6O4SZn-. The van der Waals surface area contributed by atoms with Crippen LogP contribution in [0, 0.1) is 0 Å². The maximum absolute atomic E-state index is 13.1. The Morgan fingerprint density at radius 1 is 1.06 bits per heavy atom. The van der Waals surface area contributed by atoms with Crippen LogP contribution in [0.5, 0.6) is 5.75 Å². The van der Waals surface area contributed by atoms with Crippen LogP contribution in [-0.2, 0) is 47.4 Å². The Bertz CT molecular complexity index is 1370. The number of phenols is 1. The third-order valence-electron chi connectivity index (χ3n) is 4.67. The first kappa shape index (κ1) is 29.2. The first-order valence-corrected chi connectivity index (χ1v) is 12.3. The number of hydrogen-bond donors (Lipinski definition) is 1. The van der Waals surface area contributed by atoms with Gasteiger partial charge in [0.25, 0.3) is 0 Å². The van der Waals surface area contributed by atoms with Crippen molar-refractivity contribution >= 4 is 50.5 Å². The van der Waals surface area contributed by atoms with Gasteiger partial charge < -0.3 is 19.0 Å². The maximum Gasteiger partial charge on any atom is 0.217 e. The van der Waals surface area contributed by atoms with Crippen molar-refractivity contribution in [3.8, 4) is 5.75 Å². The zero-order valence-corrected chi connectivity index (χ0v) is 25.8. The second-order valence-electron chi connectivity index (χ2n) is 9.69. The van der Waals surface area contributed by atoms with Crippen LogP contribution in [0.25, 0.3) is 4.72 Å². The van der Waals surface area contributed by atoms with Crippen LogP contribution in [0.3, 0.4) is 0 Å². The van der Waals surface area contributed by atoms with Crippen LogP contribution in [0.15, 0.2) is 37.8 Å². The summed E-state index contributed by atoms with van der Waals surface area (Å²) in [5, 5.41) is 26.7. The molecule has 3 rings (SSSR count). The Hall–Kier alpha value is -2.01. The van der Waals surface area contributed by atoms with Gasteiger partial charge in [0.15, 0.2) is 5.75 Å². The minimum absolute atomic E-state index is 0. The number of azo groups is 1. The number of halogens is 2. The average molecular weight is 594 g/mol. The number of phenolic OH excluding ortho intramolecular Hbond substituents is 1. The quantitative estimate of drug-likeness (QED) is 0.254. The fourth-order valence-corrected chi connectivity index (χ4v) is 4.65. The first-order valence-electron chi connectivity index (χ1n) is 10.1. The Balaban J connectivity index is 0.00000432. The van der Waals surface area contributed by atoms with E-state index in [-0.39, 0.29) is 52.3 Å². The van der Waals surface area contributed by atoms with Gasteiger partial charge in [-0.15, -0.1) is 10.2 Å². The molecule has 0 saturated carbocycles. The van der Waals surface area contributed by atoms with Crippen molar-refractivity contribution in [2.75, 3.05) is 0 Å². The molecule has 0 radical (unpaired) electrons. The minimum Gasteiger partial charge on any atom is -0.505 e. The number of benzene rings is 1. The van der Waals surface area contributed by atoms with Gasteiger partial charge in [-0.1, -0.05) is 69.9 Å². The number of aromatic hydroxyl groups is 1. The Morgan fingerprint density at radius 2 is 1.69 bits per heavy atom. The second-order valence-corrected chi connectivity index (χ2v) is 12.1. The smallest absolute Gasteiger partial charge is 0.217 e. The summed E-state index contributed by atoms with van der Waals surface area (Å²) in [7, 11) is -2.93. The molecule has 1 N–H and O–H groups in total. The van der Waals surface area contributed by atoms with Gasteiger partial charge >= 0.3 is 0 Å². The van der Waals surface area contributed by atoms with E-state index in [0.29, 0.717) is 11.5 Å². The molecule has 0 amide bonds. The zero-order valence-electron chi connectivity index (χ0n) is 20.5. The molecule has 2 heterocycles.